The summed E-state index contributed by atoms with van der Waals surface area (Å²) >= 11 is 0. The summed E-state index contributed by atoms with van der Waals surface area (Å²) < 4.78 is 5.49. The monoisotopic (exact) mass is 301 g/mol. The molecule has 0 radical (unpaired) electrons. The molecule has 1 heterocycles. The number of hydrogen-bond donors (Lipinski definition) is 1. The molecular formula is C18H27N3O. The summed E-state index contributed by atoms with van der Waals surface area (Å²) in [5.41, 5.74) is 1.82. The third-order valence-electron chi connectivity index (χ3n) is 5.03. The lowest BCUT2D eigenvalue weighted by atomic mass is 9.94. The molecule has 1 N–H and O–H groups in total. The molecule has 0 bridgehead atoms. The van der Waals surface area contributed by atoms with Crippen molar-refractivity contribution in [3.05, 3.63) is 35.9 Å². The third-order valence-corrected chi connectivity index (χ3v) is 5.03. The van der Waals surface area contributed by atoms with Crippen molar-refractivity contribution < 1.29 is 4.74 Å². The van der Waals surface area contributed by atoms with Crippen LogP contribution in [-0.4, -0.2) is 44.7 Å². The summed E-state index contributed by atoms with van der Waals surface area (Å²) in [5.74, 6) is 1.77. The van der Waals surface area contributed by atoms with Crippen molar-refractivity contribution in [3.63, 3.8) is 0 Å². The Hall–Kier alpha value is -1.55. The summed E-state index contributed by atoms with van der Waals surface area (Å²) in [6, 6.07) is 10.4. The highest BCUT2D eigenvalue weighted by atomic mass is 16.5. The largest absolute Gasteiger partial charge is 0.381 e. The van der Waals surface area contributed by atoms with E-state index in [0.29, 0.717) is 5.41 Å². The minimum atomic E-state index is 0.572. The molecule has 1 saturated carbocycles. The molecule has 2 aliphatic rings. The van der Waals surface area contributed by atoms with E-state index < -0.39 is 0 Å². The van der Waals surface area contributed by atoms with E-state index in [1.807, 2.05) is 20.2 Å². The number of guanidine groups is 1. The molecule has 22 heavy (non-hydrogen) atoms. The second kappa shape index (κ2) is 6.69. The van der Waals surface area contributed by atoms with E-state index in [2.05, 4.69) is 34.5 Å². The Balaban J connectivity index is 1.52. The summed E-state index contributed by atoms with van der Waals surface area (Å²) in [5, 5.41) is 3.56. The quantitative estimate of drug-likeness (QED) is 0.686. The molecule has 1 aromatic carbocycles. The molecule has 2 fully saturated rings. The number of ether oxygens (including phenoxy) is 1. The highest BCUT2D eigenvalue weighted by Crippen LogP contribution is 2.58. The van der Waals surface area contributed by atoms with Crippen molar-refractivity contribution in [1.29, 1.82) is 0 Å². The number of nitrogens with zero attached hydrogens (tertiary/aromatic N) is 2. The van der Waals surface area contributed by atoms with Gasteiger partial charge in [0.15, 0.2) is 5.96 Å². The molecule has 120 valence electrons. The van der Waals surface area contributed by atoms with Gasteiger partial charge in [0, 0.05) is 33.9 Å². The van der Waals surface area contributed by atoms with Crippen LogP contribution < -0.4 is 5.32 Å². The fraction of sp³-hybridized carbons (Fsp3) is 0.611. The van der Waals surface area contributed by atoms with Crippen LogP contribution in [0.4, 0.5) is 0 Å². The van der Waals surface area contributed by atoms with Gasteiger partial charge in [-0.3, -0.25) is 0 Å². The maximum atomic E-state index is 5.49. The number of hydrogen-bond acceptors (Lipinski definition) is 2. The first kappa shape index (κ1) is 15.3. The number of aliphatic imine (C=N–C) groups is 1. The molecule has 0 aromatic heterocycles. The van der Waals surface area contributed by atoms with Gasteiger partial charge in [0.2, 0.25) is 0 Å². The van der Waals surface area contributed by atoms with Gasteiger partial charge in [-0.05, 0) is 36.2 Å². The second-order valence-corrected chi connectivity index (χ2v) is 6.78. The zero-order valence-corrected chi connectivity index (χ0v) is 13.7. The number of benzene rings is 1. The maximum absolute atomic E-state index is 5.49. The average Bonchev–Trinajstić information content (AvgIpc) is 3.20. The molecule has 1 aromatic rings. The molecule has 4 heteroatoms. The van der Waals surface area contributed by atoms with Crippen LogP contribution in [0.5, 0.6) is 0 Å². The van der Waals surface area contributed by atoms with Gasteiger partial charge in [-0.1, -0.05) is 30.3 Å². The highest BCUT2D eigenvalue weighted by molar-refractivity contribution is 5.79. The first-order valence-electron chi connectivity index (χ1n) is 8.27. The molecule has 1 aliphatic carbocycles. The van der Waals surface area contributed by atoms with Gasteiger partial charge >= 0.3 is 0 Å². The van der Waals surface area contributed by atoms with Crippen LogP contribution in [0.1, 0.15) is 24.8 Å². The predicted octanol–water partition coefficient (Wildman–Crippen LogP) is 2.51. The van der Waals surface area contributed by atoms with Crippen LogP contribution >= 0.6 is 0 Å². The molecule has 1 saturated heterocycles. The van der Waals surface area contributed by atoms with Crippen LogP contribution in [0.25, 0.3) is 0 Å². The molecule has 0 amide bonds. The fourth-order valence-corrected chi connectivity index (χ4v) is 3.43. The van der Waals surface area contributed by atoms with E-state index in [4.69, 9.17) is 9.73 Å². The SMILES string of the molecule is CN(C)C(=NCc1ccccc1)NCC1CC12CCOCC2. The molecule has 1 spiro atoms. The molecule has 1 unspecified atom stereocenters. The van der Waals surface area contributed by atoms with Crippen LogP contribution in [0, 0.1) is 11.3 Å². The molecule has 1 atom stereocenters. The van der Waals surface area contributed by atoms with Gasteiger partial charge in [-0.2, -0.15) is 0 Å². The Morgan fingerprint density at radius 3 is 2.68 bits per heavy atom. The van der Waals surface area contributed by atoms with Crippen molar-refractivity contribution >= 4 is 5.96 Å². The van der Waals surface area contributed by atoms with E-state index in [-0.39, 0.29) is 0 Å². The topological polar surface area (TPSA) is 36.9 Å². The fourth-order valence-electron chi connectivity index (χ4n) is 3.43. The Bertz CT molecular complexity index is 506. The minimum absolute atomic E-state index is 0.572. The summed E-state index contributed by atoms with van der Waals surface area (Å²) in [4.78, 5) is 6.80. The Kier molecular flexibility index (Phi) is 4.67. The number of nitrogens with one attached hydrogen (secondary N) is 1. The van der Waals surface area contributed by atoms with Crippen molar-refractivity contribution in [2.45, 2.75) is 25.8 Å². The number of rotatable bonds is 4. The van der Waals surface area contributed by atoms with Gasteiger partial charge in [-0.25, -0.2) is 4.99 Å². The van der Waals surface area contributed by atoms with Crippen LogP contribution in [-0.2, 0) is 11.3 Å². The molecular weight excluding hydrogens is 274 g/mol. The molecule has 1 aliphatic heterocycles. The van der Waals surface area contributed by atoms with Crippen LogP contribution in [0.2, 0.25) is 0 Å². The second-order valence-electron chi connectivity index (χ2n) is 6.78. The summed E-state index contributed by atoms with van der Waals surface area (Å²) in [6.07, 6.45) is 3.82. The molecule has 4 nitrogen and oxygen atoms in total. The zero-order valence-electron chi connectivity index (χ0n) is 13.7. The normalized spacial score (nSPS) is 23.4. The zero-order chi connectivity index (χ0) is 15.4. The first-order chi connectivity index (χ1) is 10.7. The summed E-state index contributed by atoms with van der Waals surface area (Å²) in [7, 11) is 4.10. The Morgan fingerprint density at radius 1 is 1.27 bits per heavy atom. The van der Waals surface area contributed by atoms with Gasteiger partial charge < -0.3 is 15.0 Å². The van der Waals surface area contributed by atoms with Crippen LogP contribution in [0.15, 0.2) is 35.3 Å². The smallest absolute Gasteiger partial charge is 0.193 e. The highest BCUT2D eigenvalue weighted by Gasteiger charge is 2.53. The third kappa shape index (κ3) is 3.61. The van der Waals surface area contributed by atoms with E-state index in [9.17, 15) is 0 Å². The van der Waals surface area contributed by atoms with Gasteiger partial charge in [0.05, 0.1) is 6.54 Å². The van der Waals surface area contributed by atoms with E-state index in [1.165, 1.54) is 24.8 Å². The standard InChI is InChI=1S/C18H27N3O/c1-21(2)17(19-13-15-6-4-3-5-7-15)20-14-16-12-18(16)8-10-22-11-9-18/h3-7,16H,8-14H2,1-2H3,(H,19,20). The lowest BCUT2D eigenvalue weighted by molar-refractivity contribution is 0.0522. The van der Waals surface area contributed by atoms with Gasteiger partial charge in [-0.15, -0.1) is 0 Å². The minimum Gasteiger partial charge on any atom is -0.381 e. The predicted molar refractivity (Wildman–Crippen MR) is 89.9 cm³/mol. The van der Waals surface area contributed by atoms with Crippen molar-refractivity contribution in [1.82, 2.24) is 10.2 Å². The lowest BCUT2D eigenvalue weighted by Crippen LogP contribution is -2.38. The van der Waals surface area contributed by atoms with E-state index in [1.54, 1.807) is 0 Å². The van der Waals surface area contributed by atoms with Gasteiger partial charge in [0.25, 0.3) is 0 Å². The van der Waals surface area contributed by atoms with Crippen molar-refractivity contribution in [2.24, 2.45) is 16.3 Å². The Morgan fingerprint density at radius 2 is 2.00 bits per heavy atom. The molecule has 3 rings (SSSR count). The lowest BCUT2D eigenvalue weighted by Gasteiger charge is -2.24. The van der Waals surface area contributed by atoms with Crippen molar-refractivity contribution in [3.8, 4) is 0 Å². The van der Waals surface area contributed by atoms with E-state index in [0.717, 1.165) is 38.2 Å². The van der Waals surface area contributed by atoms with E-state index >= 15 is 0 Å². The van der Waals surface area contributed by atoms with Crippen molar-refractivity contribution in [2.75, 3.05) is 33.9 Å². The van der Waals surface area contributed by atoms with Crippen LogP contribution in [0.3, 0.4) is 0 Å². The maximum Gasteiger partial charge on any atom is 0.193 e. The average molecular weight is 301 g/mol. The van der Waals surface area contributed by atoms with Gasteiger partial charge in [0.1, 0.15) is 0 Å². The Labute approximate surface area is 133 Å². The summed E-state index contributed by atoms with van der Waals surface area (Å²) in [6.45, 7) is 3.65. The first-order valence-corrected chi connectivity index (χ1v) is 8.27.